The second-order valence-corrected chi connectivity index (χ2v) is 28.4. The lowest BCUT2D eigenvalue weighted by atomic mass is 9.99. The Labute approximate surface area is 543 Å². The topological polar surface area (TPSA) is 237 Å². The summed E-state index contributed by atoms with van der Waals surface area (Å²) in [6.07, 6.45) is 50.3. The highest BCUT2D eigenvalue weighted by Crippen LogP contribution is 2.45. The molecule has 0 radical (unpaired) electrons. The number of hydrogen-bond acceptors (Lipinski definition) is 15. The number of aliphatic hydroxyl groups excluding tert-OH is 1. The third-order valence-electron chi connectivity index (χ3n) is 16.6. The molecule has 0 saturated carbocycles. The first-order valence-electron chi connectivity index (χ1n) is 36.7. The summed E-state index contributed by atoms with van der Waals surface area (Å²) in [4.78, 5) is 72.3. The number of phosphoric ester groups is 2. The number of rotatable bonds is 70. The Kier molecular flexibility index (Phi) is 62.1. The Hall–Kier alpha value is -1.94. The zero-order valence-corrected chi connectivity index (χ0v) is 59.4. The van der Waals surface area contributed by atoms with Crippen LogP contribution in [0.5, 0.6) is 0 Å². The molecule has 19 heteroatoms. The van der Waals surface area contributed by atoms with E-state index in [2.05, 4.69) is 34.6 Å². The molecule has 0 aromatic heterocycles. The van der Waals surface area contributed by atoms with Gasteiger partial charge in [-0.15, -0.1) is 0 Å². The van der Waals surface area contributed by atoms with Gasteiger partial charge >= 0.3 is 39.5 Å². The number of hydrogen-bond donors (Lipinski definition) is 3. The summed E-state index contributed by atoms with van der Waals surface area (Å²) in [5.41, 5.74) is 0. The highest BCUT2D eigenvalue weighted by atomic mass is 31.2. The lowest BCUT2D eigenvalue weighted by molar-refractivity contribution is -0.161. The van der Waals surface area contributed by atoms with E-state index in [1.807, 2.05) is 0 Å². The maximum atomic E-state index is 13.0. The number of phosphoric acid groups is 2. The van der Waals surface area contributed by atoms with Crippen LogP contribution in [0.25, 0.3) is 0 Å². The van der Waals surface area contributed by atoms with E-state index < -0.39 is 97.5 Å². The molecule has 0 aromatic rings. The van der Waals surface area contributed by atoms with Crippen LogP contribution in [0.1, 0.15) is 362 Å². The van der Waals surface area contributed by atoms with E-state index in [1.165, 1.54) is 180 Å². The number of esters is 4. The first-order valence-corrected chi connectivity index (χ1v) is 39.7. The van der Waals surface area contributed by atoms with Crippen molar-refractivity contribution >= 4 is 39.5 Å². The van der Waals surface area contributed by atoms with E-state index in [0.717, 1.165) is 102 Å². The Morgan fingerprint density at radius 2 is 0.539 bits per heavy atom. The Morgan fingerprint density at radius 1 is 0.315 bits per heavy atom. The molecule has 0 aliphatic carbocycles. The van der Waals surface area contributed by atoms with Gasteiger partial charge in [-0.2, -0.15) is 0 Å². The molecular weight excluding hydrogens is 1170 g/mol. The van der Waals surface area contributed by atoms with Crippen LogP contribution in [0.4, 0.5) is 0 Å². The molecule has 0 bridgehead atoms. The van der Waals surface area contributed by atoms with Gasteiger partial charge in [0.25, 0.3) is 0 Å². The molecular formula is C70H136O17P2. The predicted octanol–water partition coefficient (Wildman–Crippen LogP) is 20.1. The van der Waals surface area contributed by atoms with Crippen molar-refractivity contribution in [3.8, 4) is 0 Å². The van der Waals surface area contributed by atoms with Crippen molar-refractivity contribution in [1.82, 2.24) is 0 Å². The molecule has 6 atom stereocenters. The molecule has 3 unspecified atom stereocenters. The summed E-state index contributed by atoms with van der Waals surface area (Å²) in [5.74, 6) is -1.36. The largest absolute Gasteiger partial charge is 0.472 e. The van der Waals surface area contributed by atoms with E-state index in [-0.39, 0.29) is 25.7 Å². The lowest BCUT2D eigenvalue weighted by Crippen LogP contribution is -2.30. The van der Waals surface area contributed by atoms with Crippen molar-refractivity contribution in [2.45, 2.75) is 380 Å². The molecule has 0 aliphatic heterocycles. The molecule has 528 valence electrons. The fraction of sp³-hybridized carbons (Fsp3) is 0.943. The highest BCUT2D eigenvalue weighted by Gasteiger charge is 2.30. The van der Waals surface area contributed by atoms with Crippen LogP contribution in [0.3, 0.4) is 0 Å². The molecule has 3 N–H and O–H groups in total. The van der Waals surface area contributed by atoms with Gasteiger partial charge in [-0.1, -0.05) is 311 Å². The normalized spacial score (nSPS) is 14.4. The average molecular weight is 1310 g/mol. The summed E-state index contributed by atoms with van der Waals surface area (Å²) in [6.45, 7) is 7.16. The van der Waals surface area contributed by atoms with Crippen LogP contribution in [-0.2, 0) is 65.4 Å². The molecule has 0 aliphatic rings. The third-order valence-corrected chi connectivity index (χ3v) is 18.5. The zero-order valence-electron chi connectivity index (χ0n) is 57.6. The fourth-order valence-electron chi connectivity index (χ4n) is 10.6. The van der Waals surface area contributed by atoms with Crippen LogP contribution in [0.15, 0.2) is 0 Å². The summed E-state index contributed by atoms with van der Waals surface area (Å²) in [6, 6.07) is 0. The molecule has 0 rings (SSSR count). The maximum absolute atomic E-state index is 13.0. The third kappa shape index (κ3) is 63.2. The van der Waals surface area contributed by atoms with Gasteiger partial charge in [0.2, 0.25) is 0 Å². The van der Waals surface area contributed by atoms with E-state index in [4.69, 9.17) is 37.0 Å². The maximum Gasteiger partial charge on any atom is 0.472 e. The fourth-order valence-corrected chi connectivity index (χ4v) is 12.2. The number of carbonyl (C=O) groups is 4. The first-order chi connectivity index (χ1) is 43.1. The van der Waals surface area contributed by atoms with E-state index in [9.17, 15) is 43.2 Å². The van der Waals surface area contributed by atoms with Gasteiger partial charge in [0, 0.05) is 25.7 Å². The molecule has 0 aromatic carbocycles. The van der Waals surface area contributed by atoms with Gasteiger partial charge in [0.1, 0.15) is 19.3 Å². The van der Waals surface area contributed by atoms with Crippen LogP contribution >= 0.6 is 15.6 Å². The average Bonchev–Trinajstić information content (AvgIpc) is 3.61. The molecule has 0 fully saturated rings. The van der Waals surface area contributed by atoms with Gasteiger partial charge < -0.3 is 33.8 Å². The van der Waals surface area contributed by atoms with Crippen LogP contribution < -0.4 is 0 Å². The first kappa shape index (κ1) is 87.1. The number of aliphatic hydroxyl groups is 1. The minimum absolute atomic E-state index is 0.104. The highest BCUT2D eigenvalue weighted by molar-refractivity contribution is 7.47. The minimum Gasteiger partial charge on any atom is -0.462 e. The van der Waals surface area contributed by atoms with Gasteiger partial charge in [-0.05, 0) is 31.6 Å². The van der Waals surface area contributed by atoms with E-state index in [1.54, 1.807) is 0 Å². The smallest absolute Gasteiger partial charge is 0.462 e. The number of unbranched alkanes of at least 4 members (excludes halogenated alkanes) is 41. The van der Waals surface area contributed by atoms with Crippen LogP contribution in [-0.4, -0.2) is 96.7 Å². The van der Waals surface area contributed by atoms with Gasteiger partial charge in [-0.25, -0.2) is 9.13 Å². The monoisotopic (exact) mass is 1310 g/mol. The SMILES string of the molecule is CCCCCCCCCCCCCCCCCCC(=O)OC[C@H](COP(=O)(O)OC[C@@H](O)COP(=O)(O)OC[C@@H](COC(=O)CCCCCCC)OC(=O)CCCCCCCCCCC(C)CC)OC(=O)CCCCCCCCCCCCCCCCCC. The molecule has 17 nitrogen and oxygen atoms in total. The molecule has 0 spiro atoms. The minimum atomic E-state index is -4.95. The zero-order chi connectivity index (χ0) is 65.6. The van der Waals surface area contributed by atoms with Gasteiger partial charge in [-0.3, -0.25) is 37.3 Å². The Balaban J connectivity index is 5.16. The Bertz CT molecular complexity index is 1720. The summed E-state index contributed by atoms with van der Waals surface area (Å²) < 4.78 is 68.1. The Morgan fingerprint density at radius 3 is 0.798 bits per heavy atom. The quantitative estimate of drug-likeness (QED) is 0.0222. The van der Waals surface area contributed by atoms with Gasteiger partial charge in [0.15, 0.2) is 12.2 Å². The van der Waals surface area contributed by atoms with Crippen LogP contribution in [0, 0.1) is 5.92 Å². The van der Waals surface area contributed by atoms with Crippen molar-refractivity contribution < 1.29 is 80.2 Å². The van der Waals surface area contributed by atoms with E-state index in [0.29, 0.717) is 25.7 Å². The van der Waals surface area contributed by atoms with Crippen molar-refractivity contribution in [2.75, 3.05) is 39.6 Å². The van der Waals surface area contributed by atoms with Crippen molar-refractivity contribution in [3.05, 3.63) is 0 Å². The predicted molar refractivity (Wildman–Crippen MR) is 358 cm³/mol. The summed E-state index contributed by atoms with van der Waals surface area (Å²) in [5, 5.41) is 10.6. The summed E-state index contributed by atoms with van der Waals surface area (Å²) in [7, 11) is -9.89. The molecule has 0 amide bonds. The van der Waals surface area contributed by atoms with Crippen molar-refractivity contribution in [3.63, 3.8) is 0 Å². The van der Waals surface area contributed by atoms with Crippen LogP contribution in [0.2, 0.25) is 0 Å². The molecule has 0 heterocycles. The van der Waals surface area contributed by atoms with Crippen molar-refractivity contribution in [1.29, 1.82) is 0 Å². The van der Waals surface area contributed by atoms with Gasteiger partial charge in [0.05, 0.1) is 26.4 Å². The summed E-state index contributed by atoms with van der Waals surface area (Å²) >= 11 is 0. The lowest BCUT2D eigenvalue weighted by Gasteiger charge is -2.21. The number of ether oxygens (including phenoxy) is 4. The standard InChI is InChI=1S/C70H136O17P2/c1-6-10-13-16-18-20-22-24-26-28-30-32-34-39-44-49-54-68(73)81-60-66(87-69(74)55-50-45-40-35-33-31-29-27-25-23-21-19-17-14-11-7-2)62-85-89(78,79)83-58-64(71)57-82-88(76,77)84-61-65(59-80-67(72)53-48-42-15-12-8-3)86-70(75)56-51-46-41-37-36-38-43-47-52-63(5)9-4/h63-66,71H,6-62H2,1-5H3,(H,76,77)(H,78,79)/t63?,64-,65+,66+/m0/s1. The van der Waals surface area contributed by atoms with Crippen molar-refractivity contribution in [2.24, 2.45) is 5.92 Å². The second-order valence-electron chi connectivity index (χ2n) is 25.5. The molecule has 0 saturated heterocycles. The molecule has 89 heavy (non-hydrogen) atoms. The second kappa shape index (κ2) is 63.5. The van der Waals surface area contributed by atoms with E-state index >= 15 is 0 Å². The number of carbonyl (C=O) groups excluding carboxylic acids is 4.